The van der Waals surface area contributed by atoms with Crippen molar-refractivity contribution in [3.8, 4) is 0 Å². The largest absolute Gasteiger partial charge is 0.318 e. The third-order valence-electron chi connectivity index (χ3n) is 3.18. The van der Waals surface area contributed by atoms with E-state index in [0.29, 0.717) is 0 Å². The number of hydrogen-bond donors (Lipinski definition) is 0. The number of carbonyl (C=O) groups is 1. The molecule has 2 rings (SSSR count). The highest BCUT2D eigenvalue weighted by atomic mass is 32.1. The smallest absolute Gasteiger partial charge is 0.190 e. The lowest BCUT2D eigenvalue weighted by Crippen LogP contribution is -2.15. The molecule has 0 spiro atoms. The van der Waals surface area contributed by atoms with E-state index in [4.69, 9.17) is 0 Å². The fourth-order valence-corrected chi connectivity index (χ4v) is 3.29. The van der Waals surface area contributed by atoms with Gasteiger partial charge >= 0.3 is 0 Å². The van der Waals surface area contributed by atoms with Crippen LogP contribution in [0.2, 0.25) is 0 Å². The molecule has 0 N–H and O–H groups in total. The first-order chi connectivity index (χ1) is 9.56. The summed E-state index contributed by atoms with van der Waals surface area (Å²) in [4.78, 5) is 18.8. The SMILES string of the molecule is CCN(c1cccc(C)c1)c1nc(C(C)C)c(C=O)s1. The Morgan fingerprint density at radius 2 is 2.15 bits per heavy atom. The molecular formula is C16H20N2OS. The first-order valence-corrected chi connectivity index (χ1v) is 7.68. The predicted octanol–water partition coefficient (Wildman–Crippen LogP) is 4.55. The summed E-state index contributed by atoms with van der Waals surface area (Å²) in [7, 11) is 0. The summed E-state index contributed by atoms with van der Waals surface area (Å²) >= 11 is 1.47. The van der Waals surface area contributed by atoms with Gasteiger partial charge in [-0.2, -0.15) is 0 Å². The molecule has 0 saturated heterocycles. The van der Waals surface area contributed by atoms with Crippen LogP contribution in [-0.4, -0.2) is 17.8 Å². The van der Waals surface area contributed by atoms with Gasteiger partial charge in [0.05, 0.1) is 10.6 Å². The Hall–Kier alpha value is -1.68. The second-order valence-electron chi connectivity index (χ2n) is 5.10. The number of thiazole rings is 1. The van der Waals surface area contributed by atoms with Crippen molar-refractivity contribution in [3.05, 3.63) is 40.4 Å². The van der Waals surface area contributed by atoms with Gasteiger partial charge in [-0.1, -0.05) is 37.3 Å². The molecule has 20 heavy (non-hydrogen) atoms. The number of rotatable bonds is 5. The minimum absolute atomic E-state index is 0.261. The lowest BCUT2D eigenvalue weighted by Gasteiger charge is -2.20. The molecule has 1 aromatic heterocycles. The van der Waals surface area contributed by atoms with Crippen molar-refractivity contribution in [2.24, 2.45) is 0 Å². The molecule has 0 amide bonds. The predicted molar refractivity (Wildman–Crippen MR) is 85.4 cm³/mol. The fraction of sp³-hybridized carbons (Fsp3) is 0.375. The summed E-state index contributed by atoms with van der Waals surface area (Å²) in [6, 6.07) is 8.34. The molecule has 0 unspecified atom stereocenters. The average Bonchev–Trinajstić information content (AvgIpc) is 2.84. The van der Waals surface area contributed by atoms with Gasteiger partial charge in [0.1, 0.15) is 0 Å². The first-order valence-electron chi connectivity index (χ1n) is 6.87. The Bertz CT molecular complexity index is 604. The van der Waals surface area contributed by atoms with Crippen LogP contribution in [0.25, 0.3) is 0 Å². The number of hydrogen-bond acceptors (Lipinski definition) is 4. The van der Waals surface area contributed by atoms with Gasteiger partial charge in [0, 0.05) is 12.2 Å². The molecule has 0 bridgehead atoms. The maximum atomic E-state index is 11.2. The van der Waals surface area contributed by atoms with E-state index in [-0.39, 0.29) is 5.92 Å². The van der Waals surface area contributed by atoms with E-state index in [2.05, 4.69) is 55.8 Å². The zero-order valence-electron chi connectivity index (χ0n) is 12.4. The Morgan fingerprint density at radius 1 is 1.40 bits per heavy atom. The van der Waals surface area contributed by atoms with Crippen LogP contribution < -0.4 is 4.90 Å². The van der Waals surface area contributed by atoms with Crippen LogP contribution in [0.5, 0.6) is 0 Å². The molecule has 4 heteroatoms. The van der Waals surface area contributed by atoms with Crippen molar-refractivity contribution in [1.29, 1.82) is 0 Å². The number of aryl methyl sites for hydroxylation is 1. The highest BCUT2D eigenvalue weighted by molar-refractivity contribution is 7.17. The van der Waals surface area contributed by atoms with E-state index in [9.17, 15) is 4.79 Å². The second-order valence-corrected chi connectivity index (χ2v) is 6.11. The molecule has 0 radical (unpaired) electrons. The molecule has 1 aromatic carbocycles. The molecule has 3 nitrogen and oxygen atoms in total. The third-order valence-corrected chi connectivity index (χ3v) is 4.20. The molecule has 0 aliphatic heterocycles. The average molecular weight is 288 g/mol. The lowest BCUT2D eigenvalue weighted by atomic mass is 10.1. The van der Waals surface area contributed by atoms with Gasteiger partial charge in [0.25, 0.3) is 0 Å². The number of aromatic nitrogens is 1. The van der Waals surface area contributed by atoms with Gasteiger partial charge in [-0.05, 0) is 37.5 Å². The standard InChI is InChI=1S/C16H20N2OS/c1-5-18(13-8-6-7-12(4)9-13)16-17-15(11(2)3)14(10-19)20-16/h6-11H,5H2,1-4H3. The summed E-state index contributed by atoms with van der Waals surface area (Å²) < 4.78 is 0. The van der Waals surface area contributed by atoms with E-state index >= 15 is 0 Å². The van der Waals surface area contributed by atoms with Gasteiger partial charge in [-0.3, -0.25) is 4.79 Å². The monoisotopic (exact) mass is 288 g/mol. The number of aldehydes is 1. The van der Waals surface area contributed by atoms with E-state index in [1.165, 1.54) is 16.9 Å². The fourth-order valence-electron chi connectivity index (χ4n) is 2.17. The molecule has 1 heterocycles. The Balaban J connectivity index is 2.44. The summed E-state index contributed by atoms with van der Waals surface area (Å²) in [5.74, 6) is 0.261. The van der Waals surface area contributed by atoms with Crippen LogP contribution in [0.1, 0.15) is 47.6 Å². The molecule has 106 valence electrons. The Kier molecular flexibility index (Phi) is 4.55. The molecular weight excluding hydrogens is 268 g/mol. The molecule has 0 atom stereocenters. The van der Waals surface area contributed by atoms with Crippen LogP contribution in [0.15, 0.2) is 24.3 Å². The van der Waals surface area contributed by atoms with Crippen LogP contribution in [-0.2, 0) is 0 Å². The molecule has 0 aliphatic rings. The molecule has 2 aromatic rings. The van der Waals surface area contributed by atoms with Crippen LogP contribution in [0.4, 0.5) is 10.8 Å². The Morgan fingerprint density at radius 3 is 2.65 bits per heavy atom. The topological polar surface area (TPSA) is 33.2 Å². The van der Waals surface area contributed by atoms with Crippen molar-refractivity contribution < 1.29 is 4.79 Å². The maximum absolute atomic E-state index is 11.2. The normalized spacial score (nSPS) is 10.8. The number of carbonyl (C=O) groups excluding carboxylic acids is 1. The Labute approximate surface area is 124 Å². The number of nitrogens with zero attached hydrogens (tertiary/aromatic N) is 2. The highest BCUT2D eigenvalue weighted by Gasteiger charge is 2.18. The van der Waals surface area contributed by atoms with E-state index in [0.717, 1.165) is 34.2 Å². The van der Waals surface area contributed by atoms with Gasteiger partial charge in [0.15, 0.2) is 11.4 Å². The van der Waals surface area contributed by atoms with Gasteiger partial charge in [0.2, 0.25) is 0 Å². The summed E-state index contributed by atoms with van der Waals surface area (Å²) in [6.07, 6.45) is 0.917. The first kappa shape index (κ1) is 14.7. The van der Waals surface area contributed by atoms with Crippen LogP contribution in [0.3, 0.4) is 0 Å². The maximum Gasteiger partial charge on any atom is 0.190 e. The van der Waals surface area contributed by atoms with E-state index in [1.54, 1.807) is 0 Å². The van der Waals surface area contributed by atoms with Crippen LogP contribution in [0, 0.1) is 6.92 Å². The number of anilines is 2. The summed E-state index contributed by atoms with van der Waals surface area (Å²) in [5, 5.41) is 0.893. The van der Waals surface area contributed by atoms with Crippen molar-refractivity contribution in [3.63, 3.8) is 0 Å². The van der Waals surface area contributed by atoms with Crippen molar-refractivity contribution >= 4 is 28.4 Å². The summed E-state index contributed by atoms with van der Waals surface area (Å²) in [5.41, 5.74) is 3.23. The van der Waals surface area contributed by atoms with Crippen molar-refractivity contribution in [2.45, 2.75) is 33.6 Å². The zero-order chi connectivity index (χ0) is 14.7. The lowest BCUT2D eigenvalue weighted by molar-refractivity contribution is 0.112. The minimum Gasteiger partial charge on any atom is -0.318 e. The third kappa shape index (κ3) is 2.90. The van der Waals surface area contributed by atoms with Gasteiger partial charge in [-0.25, -0.2) is 4.98 Å². The van der Waals surface area contributed by atoms with Crippen molar-refractivity contribution in [2.75, 3.05) is 11.4 Å². The second kappa shape index (κ2) is 6.18. The van der Waals surface area contributed by atoms with Gasteiger partial charge in [-0.15, -0.1) is 0 Å². The highest BCUT2D eigenvalue weighted by Crippen LogP contribution is 2.33. The summed E-state index contributed by atoms with van der Waals surface area (Å²) in [6.45, 7) is 9.13. The van der Waals surface area contributed by atoms with Crippen molar-refractivity contribution in [1.82, 2.24) is 4.98 Å². The van der Waals surface area contributed by atoms with Crippen LogP contribution >= 0.6 is 11.3 Å². The molecule has 0 fully saturated rings. The van der Waals surface area contributed by atoms with E-state index in [1.807, 2.05) is 6.07 Å². The minimum atomic E-state index is 0.261. The number of benzene rings is 1. The van der Waals surface area contributed by atoms with E-state index < -0.39 is 0 Å². The van der Waals surface area contributed by atoms with Gasteiger partial charge < -0.3 is 4.90 Å². The molecule has 0 aliphatic carbocycles. The quantitative estimate of drug-likeness (QED) is 0.757. The molecule has 0 saturated carbocycles. The zero-order valence-corrected chi connectivity index (χ0v) is 13.2.